The summed E-state index contributed by atoms with van der Waals surface area (Å²) >= 11 is 1.45. The lowest BCUT2D eigenvalue weighted by atomic mass is 10.1. The molecule has 1 fully saturated rings. The topological polar surface area (TPSA) is 72.6 Å². The van der Waals surface area contributed by atoms with E-state index in [1.165, 1.54) is 29.9 Å². The third-order valence-electron chi connectivity index (χ3n) is 5.71. The molecule has 1 saturated heterocycles. The van der Waals surface area contributed by atoms with Crippen LogP contribution in [0.5, 0.6) is 0 Å². The van der Waals surface area contributed by atoms with Crippen LogP contribution in [0.3, 0.4) is 0 Å². The summed E-state index contributed by atoms with van der Waals surface area (Å²) in [6, 6.07) is 8.12. The zero-order valence-electron chi connectivity index (χ0n) is 18.3. The average Bonchev–Trinajstić information content (AvgIpc) is 3.40. The fraction of sp³-hybridized carbons (Fsp3) is 0.333. The first-order chi connectivity index (χ1) is 16.1. The van der Waals surface area contributed by atoms with Gasteiger partial charge in [0.05, 0.1) is 24.4 Å². The van der Waals surface area contributed by atoms with Gasteiger partial charge in [-0.3, -0.25) is 9.20 Å². The van der Waals surface area contributed by atoms with Crippen LogP contribution >= 0.6 is 11.3 Å². The van der Waals surface area contributed by atoms with Crippen LogP contribution in [0, 0.1) is 5.82 Å². The van der Waals surface area contributed by atoms with Gasteiger partial charge in [0.25, 0.3) is 0 Å². The average molecular weight is 466 g/mol. The third kappa shape index (κ3) is 4.32. The normalized spacial score (nSPS) is 14.1. The number of rotatable bonds is 6. The van der Waals surface area contributed by atoms with E-state index >= 15 is 0 Å². The smallest absolute Gasteiger partial charge is 0.311 e. The van der Waals surface area contributed by atoms with Crippen LogP contribution < -0.4 is 4.90 Å². The van der Waals surface area contributed by atoms with Gasteiger partial charge in [-0.25, -0.2) is 19.3 Å². The van der Waals surface area contributed by atoms with Crippen LogP contribution in [0.1, 0.15) is 31.9 Å². The zero-order valence-corrected chi connectivity index (χ0v) is 19.1. The van der Waals surface area contributed by atoms with E-state index in [0.717, 1.165) is 47.8 Å². The Kier molecular flexibility index (Phi) is 6.04. The molecule has 1 aliphatic heterocycles. The molecule has 1 aliphatic rings. The number of halogens is 1. The van der Waals surface area contributed by atoms with Crippen molar-refractivity contribution in [3.8, 4) is 22.6 Å². The summed E-state index contributed by atoms with van der Waals surface area (Å²) < 4.78 is 20.7. The molecule has 170 valence electrons. The molecule has 0 bridgehead atoms. The lowest BCUT2D eigenvalue weighted by Gasteiger charge is -2.26. The van der Waals surface area contributed by atoms with Gasteiger partial charge in [0.1, 0.15) is 11.5 Å². The summed E-state index contributed by atoms with van der Waals surface area (Å²) in [6.07, 6.45) is 5.36. The second-order valence-electron chi connectivity index (χ2n) is 7.93. The van der Waals surface area contributed by atoms with Crippen molar-refractivity contribution in [1.82, 2.24) is 19.4 Å². The van der Waals surface area contributed by atoms with Crippen LogP contribution in [-0.2, 0) is 16.0 Å². The molecule has 3 aromatic heterocycles. The van der Waals surface area contributed by atoms with Gasteiger partial charge in [-0.2, -0.15) is 0 Å². The summed E-state index contributed by atoms with van der Waals surface area (Å²) in [5.41, 5.74) is 3.72. The number of ether oxygens (including phenoxy) is 1. The Hall–Kier alpha value is -3.33. The van der Waals surface area contributed by atoms with Gasteiger partial charge >= 0.3 is 5.97 Å². The van der Waals surface area contributed by atoms with Crippen molar-refractivity contribution in [2.24, 2.45) is 0 Å². The molecular formula is C24H24FN5O2S. The van der Waals surface area contributed by atoms with Crippen LogP contribution in [0.2, 0.25) is 0 Å². The van der Waals surface area contributed by atoms with Gasteiger partial charge in [0.2, 0.25) is 5.95 Å². The summed E-state index contributed by atoms with van der Waals surface area (Å²) in [4.78, 5) is 29.4. The molecule has 0 amide bonds. The lowest BCUT2D eigenvalue weighted by molar-refractivity contribution is -0.142. The standard InChI is InChI=1S/C24H24FN5O2S/c1-2-32-20(31)14-18-15-33-24-28-21(16-6-8-17(25)9-7-16)22(30(18)24)19-10-11-26-23(27-19)29-12-4-3-5-13-29/h6-11,15H,2-5,12-14H2,1H3. The van der Waals surface area contributed by atoms with Crippen molar-refractivity contribution in [3.05, 3.63) is 53.4 Å². The highest BCUT2D eigenvalue weighted by Crippen LogP contribution is 2.35. The maximum Gasteiger partial charge on any atom is 0.311 e. The number of anilines is 1. The molecular weight excluding hydrogens is 441 g/mol. The maximum absolute atomic E-state index is 13.6. The number of carbonyl (C=O) groups is 1. The number of thiazole rings is 1. The minimum absolute atomic E-state index is 0.129. The van der Waals surface area contributed by atoms with Gasteiger partial charge in [0, 0.05) is 35.9 Å². The molecule has 0 aliphatic carbocycles. The van der Waals surface area contributed by atoms with E-state index < -0.39 is 0 Å². The summed E-state index contributed by atoms with van der Waals surface area (Å²) in [5.74, 6) is 0.0880. The Morgan fingerprint density at radius 2 is 1.91 bits per heavy atom. The van der Waals surface area contributed by atoms with E-state index in [1.54, 1.807) is 25.3 Å². The van der Waals surface area contributed by atoms with Gasteiger partial charge in [-0.1, -0.05) is 0 Å². The number of piperidine rings is 1. The van der Waals surface area contributed by atoms with Crippen molar-refractivity contribution in [3.63, 3.8) is 0 Å². The Morgan fingerprint density at radius 1 is 1.12 bits per heavy atom. The molecule has 0 N–H and O–H groups in total. The van der Waals surface area contributed by atoms with Gasteiger partial charge in [0.15, 0.2) is 4.96 Å². The van der Waals surface area contributed by atoms with Crippen molar-refractivity contribution < 1.29 is 13.9 Å². The molecule has 9 heteroatoms. The van der Waals surface area contributed by atoms with E-state index in [-0.39, 0.29) is 18.2 Å². The number of carbonyl (C=O) groups excluding carboxylic acids is 1. The Bertz CT molecular complexity index is 1280. The van der Waals surface area contributed by atoms with Gasteiger partial charge in [-0.15, -0.1) is 11.3 Å². The Balaban J connectivity index is 1.66. The number of hydrogen-bond acceptors (Lipinski definition) is 7. The summed E-state index contributed by atoms with van der Waals surface area (Å²) in [6.45, 7) is 3.99. The number of nitrogens with zero attached hydrogens (tertiary/aromatic N) is 5. The molecule has 4 heterocycles. The van der Waals surface area contributed by atoms with E-state index in [9.17, 15) is 9.18 Å². The number of hydrogen-bond donors (Lipinski definition) is 0. The Labute approximate surface area is 194 Å². The minimum atomic E-state index is -0.307. The molecule has 33 heavy (non-hydrogen) atoms. The largest absolute Gasteiger partial charge is 0.466 e. The van der Waals surface area contributed by atoms with Crippen molar-refractivity contribution in [1.29, 1.82) is 0 Å². The number of esters is 1. The molecule has 0 radical (unpaired) electrons. The van der Waals surface area contributed by atoms with Gasteiger partial charge < -0.3 is 9.64 Å². The number of benzene rings is 1. The second-order valence-corrected chi connectivity index (χ2v) is 8.77. The van der Waals surface area contributed by atoms with Crippen LogP contribution in [0.25, 0.3) is 27.6 Å². The lowest BCUT2D eigenvalue weighted by Crippen LogP contribution is -2.31. The highest BCUT2D eigenvalue weighted by atomic mass is 32.1. The molecule has 0 atom stereocenters. The van der Waals surface area contributed by atoms with E-state index in [2.05, 4.69) is 9.88 Å². The quantitative estimate of drug-likeness (QED) is 0.383. The summed E-state index contributed by atoms with van der Waals surface area (Å²) in [7, 11) is 0. The predicted octanol–water partition coefficient (Wildman–Crippen LogP) is 4.75. The van der Waals surface area contributed by atoms with Crippen molar-refractivity contribution in [2.75, 3.05) is 24.6 Å². The monoisotopic (exact) mass is 465 g/mol. The van der Waals surface area contributed by atoms with Gasteiger partial charge in [-0.05, 0) is 56.5 Å². The number of aromatic nitrogens is 4. The van der Waals surface area contributed by atoms with E-state index in [1.807, 2.05) is 15.8 Å². The summed E-state index contributed by atoms with van der Waals surface area (Å²) in [5, 5.41) is 1.92. The van der Waals surface area contributed by atoms with E-state index in [0.29, 0.717) is 23.9 Å². The predicted molar refractivity (Wildman–Crippen MR) is 126 cm³/mol. The molecule has 4 aromatic rings. The van der Waals surface area contributed by atoms with Crippen molar-refractivity contribution >= 4 is 28.2 Å². The zero-order chi connectivity index (χ0) is 22.8. The number of imidazole rings is 1. The molecule has 7 nitrogen and oxygen atoms in total. The van der Waals surface area contributed by atoms with Crippen LogP contribution in [0.15, 0.2) is 41.9 Å². The van der Waals surface area contributed by atoms with Crippen molar-refractivity contribution in [2.45, 2.75) is 32.6 Å². The molecule has 5 rings (SSSR count). The second kappa shape index (κ2) is 9.27. The highest BCUT2D eigenvalue weighted by Gasteiger charge is 2.23. The number of fused-ring (bicyclic) bond motifs is 1. The highest BCUT2D eigenvalue weighted by molar-refractivity contribution is 7.15. The molecule has 1 aromatic carbocycles. The third-order valence-corrected chi connectivity index (χ3v) is 6.58. The SMILES string of the molecule is CCOC(=O)Cc1csc2nc(-c3ccc(F)cc3)c(-c3ccnc(N4CCCCC4)n3)n12. The Morgan fingerprint density at radius 3 is 2.67 bits per heavy atom. The molecule has 0 unspecified atom stereocenters. The molecule has 0 spiro atoms. The first-order valence-corrected chi connectivity index (χ1v) is 12.0. The van der Waals surface area contributed by atoms with Crippen LogP contribution in [-0.4, -0.2) is 45.0 Å². The maximum atomic E-state index is 13.6. The fourth-order valence-electron chi connectivity index (χ4n) is 4.17. The first-order valence-electron chi connectivity index (χ1n) is 11.1. The van der Waals surface area contributed by atoms with Crippen LogP contribution in [0.4, 0.5) is 10.3 Å². The first kappa shape index (κ1) is 21.5. The molecule has 0 saturated carbocycles. The fourth-order valence-corrected chi connectivity index (χ4v) is 5.06. The minimum Gasteiger partial charge on any atom is -0.466 e. The van der Waals surface area contributed by atoms with E-state index in [4.69, 9.17) is 14.7 Å².